The Labute approximate surface area is 420 Å². The molecule has 0 N–H and O–H groups in total. The minimum atomic E-state index is -0.529. The van der Waals surface area contributed by atoms with Crippen LogP contribution in [0.3, 0.4) is 0 Å². The molecule has 0 fully saturated rings. The molecule has 0 unspecified atom stereocenters. The lowest BCUT2D eigenvalue weighted by Crippen LogP contribution is -2.28. The Morgan fingerprint density at radius 1 is 0.222 bits per heavy atom. The molecular weight excluding hydrogens is 869 g/mol. The van der Waals surface area contributed by atoms with Crippen molar-refractivity contribution in [2.75, 3.05) is 0 Å². The van der Waals surface area contributed by atoms with Crippen molar-refractivity contribution in [2.45, 2.75) is 10.8 Å². The maximum Gasteiger partial charge on any atom is 0.161 e. The fourth-order valence-electron chi connectivity index (χ4n) is 12.4. The van der Waals surface area contributed by atoms with Gasteiger partial charge < -0.3 is 0 Å². The molecule has 0 radical (unpaired) electrons. The van der Waals surface area contributed by atoms with E-state index in [1.807, 2.05) is 0 Å². The van der Waals surface area contributed by atoms with Gasteiger partial charge in [0.25, 0.3) is 0 Å². The van der Waals surface area contributed by atoms with Gasteiger partial charge in [-0.15, -0.1) is 0 Å². The summed E-state index contributed by atoms with van der Waals surface area (Å²) in [6.07, 6.45) is 0. The molecule has 0 spiro atoms. The van der Waals surface area contributed by atoms with Crippen LogP contribution in [-0.2, 0) is 10.8 Å². The molecule has 0 bridgehead atoms. The number of hydrogen-bond acceptors (Lipinski definition) is 2. The van der Waals surface area contributed by atoms with Crippen molar-refractivity contribution >= 4 is 10.8 Å². The molecule has 0 amide bonds. The van der Waals surface area contributed by atoms with Crippen molar-refractivity contribution in [3.8, 4) is 67.3 Å². The SMILES string of the molecule is c1ccc(-c2cc(-c3ccc4c(c3)C(c3ccccc3)(c3ccccc3)c3ccccc3-4)nc(-c3ccc(-c4ccc5c(c4)-c4ccccc4C5(c4ccccc4)c4ccccc4)c4ccccc34)n2)cc1. The Morgan fingerprint density at radius 3 is 1.18 bits per heavy atom. The number of aromatic nitrogens is 2. The van der Waals surface area contributed by atoms with Crippen LogP contribution in [0.25, 0.3) is 78.1 Å². The van der Waals surface area contributed by atoms with Crippen LogP contribution >= 0.6 is 0 Å². The Kier molecular flexibility index (Phi) is 9.69. The second kappa shape index (κ2) is 16.7. The van der Waals surface area contributed by atoms with Gasteiger partial charge >= 0.3 is 0 Å². The van der Waals surface area contributed by atoms with Crippen LogP contribution in [0.1, 0.15) is 44.5 Å². The second-order valence-corrected chi connectivity index (χ2v) is 19.1. The number of hydrogen-bond donors (Lipinski definition) is 0. The van der Waals surface area contributed by atoms with E-state index in [1.165, 1.54) is 77.9 Å². The molecule has 0 saturated heterocycles. The van der Waals surface area contributed by atoms with Crippen LogP contribution in [0.15, 0.2) is 279 Å². The molecule has 2 aliphatic carbocycles. The quantitative estimate of drug-likeness (QED) is 0.152. The van der Waals surface area contributed by atoms with E-state index in [0.717, 1.165) is 38.9 Å². The highest BCUT2D eigenvalue weighted by Crippen LogP contribution is 2.58. The first kappa shape index (κ1) is 41.7. The summed E-state index contributed by atoms with van der Waals surface area (Å²) < 4.78 is 0. The highest BCUT2D eigenvalue weighted by molar-refractivity contribution is 6.05. The molecule has 0 atom stereocenters. The lowest BCUT2D eigenvalue weighted by Gasteiger charge is -2.34. The highest BCUT2D eigenvalue weighted by atomic mass is 14.9. The molecule has 2 aliphatic rings. The van der Waals surface area contributed by atoms with E-state index in [4.69, 9.17) is 9.97 Å². The van der Waals surface area contributed by atoms with Crippen LogP contribution in [0.2, 0.25) is 0 Å². The van der Waals surface area contributed by atoms with Gasteiger partial charge in [0.2, 0.25) is 0 Å². The van der Waals surface area contributed by atoms with E-state index >= 15 is 0 Å². The monoisotopic (exact) mass is 914 g/mol. The lowest BCUT2D eigenvalue weighted by molar-refractivity contribution is 0.768. The van der Waals surface area contributed by atoms with Crippen LogP contribution in [0.4, 0.5) is 0 Å². The number of fused-ring (bicyclic) bond motifs is 7. The van der Waals surface area contributed by atoms with Gasteiger partial charge in [-0.1, -0.05) is 255 Å². The summed E-state index contributed by atoms with van der Waals surface area (Å²) in [6.45, 7) is 0. The molecule has 2 nitrogen and oxygen atoms in total. The predicted molar refractivity (Wildman–Crippen MR) is 296 cm³/mol. The van der Waals surface area contributed by atoms with E-state index in [9.17, 15) is 0 Å². The van der Waals surface area contributed by atoms with Gasteiger partial charge in [0.15, 0.2) is 5.82 Å². The molecule has 1 aromatic heterocycles. The second-order valence-electron chi connectivity index (χ2n) is 19.1. The van der Waals surface area contributed by atoms with Crippen molar-refractivity contribution in [1.29, 1.82) is 0 Å². The summed E-state index contributed by atoms with van der Waals surface area (Å²) >= 11 is 0. The lowest BCUT2D eigenvalue weighted by atomic mass is 9.67. The summed E-state index contributed by atoms with van der Waals surface area (Å²) in [7, 11) is 0. The molecule has 72 heavy (non-hydrogen) atoms. The third kappa shape index (κ3) is 6.22. The Morgan fingerprint density at radius 2 is 0.611 bits per heavy atom. The van der Waals surface area contributed by atoms with Crippen LogP contribution in [0, 0.1) is 0 Å². The van der Waals surface area contributed by atoms with Crippen LogP contribution < -0.4 is 0 Å². The molecule has 0 saturated carbocycles. The van der Waals surface area contributed by atoms with Gasteiger partial charge in [0.05, 0.1) is 22.2 Å². The standard InChI is InChI=1S/C70H46N2/c1-6-22-47(23-7-1)66-46-67(49-38-40-59-57-34-18-20-36-62(57)70(65(59)45-49,52-28-12-4-13-29-52)53-30-14-5-15-31-53)72-68(71-66)60-42-41-54(55-32-16-17-33-56(55)60)48-39-43-64-61(44-48)58-35-19-21-37-63(58)69(64,50-24-8-2-9-25-50)51-26-10-3-11-27-51/h1-46H. The maximum atomic E-state index is 5.55. The van der Waals surface area contributed by atoms with Gasteiger partial charge in [-0.2, -0.15) is 0 Å². The zero-order valence-electron chi connectivity index (χ0n) is 39.5. The smallest absolute Gasteiger partial charge is 0.161 e. The number of rotatable bonds is 8. The Balaban J connectivity index is 0.944. The molecule has 1 heterocycles. The summed E-state index contributed by atoms with van der Waals surface area (Å²) in [6, 6.07) is 102. The zero-order valence-corrected chi connectivity index (χ0v) is 39.5. The predicted octanol–water partition coefficient (Wildman–Crippen LogP) is 17.0. The summed E-state index contributed by atoms with van der Waals surface area (Å²) in [5.74, 6) is 0.689. The van der Waals surface area contributed by atoms with Crippen molar-refractivity contribution < 1.29 is 0 Å². The molecule has 336 valence electrons. The molecule has 0 aliphatic heterocycles. The van der Waals surface area contributed by atoms with Crippen molar-refractivity contribution in [1.82, 2.24) is 9.97 Å². The molecule has 2 heteroatoms. The van der Waals surface area contributed by atoms with E-state index in [1.54, 1.807) is 0 Å². The Hall–Kier alpha value is -9.24. The normalized spacial score (nSPS) is 13.5. The fourth-order valence-corrected chi connectivity index (χ4v) is 12.4. The van der Waals surface area contributed by atoms with Gasteiger partial charge in [-0.3, -0.25) is 0 Å². The molecule has 14 rings (SSSR count). The number of benzene rings is 11. The van der Waals surface area contributed by atoms with Gasteiger partial charge in [0.1, 0.15) is 0 Å². The highest BCUT2D eigenvalue weighted by Gasteiger charge is 2.47. The molecular formula is C70H46N2. The first-order valence-electron chi connectivity index (χ1n) is 24.9. The van der Waals surface area contributed by atoms with E-state index < -0.39 is 10.8 Å². The maximum absolute atomic E-state index is 5.55. The largest absolute Gasteiger partial charge is 0.228 e. The molecule has 12 aromatic rings. The first-order chi connectivity index (χ1) is 35.7. The average Bonchev–Trinajstić information content (AvgIpc) is 3.94. The molecule has 11 aromatic carbocycles. The van der Waals surface area contributed by atoms with Crippen molar-refractivity contribution in [3.63, 3.8) is 0 Å². The fraction of sp³-hybridized carbons (Fsp3) is 0.0286. The summed E-state index contributed by atoms with van der Waals surface area (Å²) in [5.41, 5.74) is 21.3. The third-order valence-corrected chi connectivity index (χ3v) is 15.5. The van der Waals surface area contributed by atoms with E-state index in [0.29, 0.717) is 5.82 Å². The topological polar surface area (TPSA) is 25.8 Å². The minimum absolute atomic E-state index is 0.453. The van der Waals surface area contributed by atoms with E-state index in [-0.39, 0.29) is 0 Å². The first-order valence-corrected chi connectivity index (χ1v) is 24.9. The van der Waals surface area contributed by atoms with E-state index in [2.05, 4.69) is 279 Å². The van der Waals surface area contributed by atoms with Gasteiger partial charge in [-0.25, -0.2) is 9.97 Å². The Bertz CT molecular complexity index is 3940. The number of nitrogens with zero attached hydrogens (tertiary/aromatic N) is 2. The summed E-state index contributed by atoms with van der Waals surface area (Å²) in [5, 5.41) is 2.26. The van der Waals surface area contributed by atoms with Crippen molar-refractivity contribution in [2.24, 2.45) is 0 Å². The van der Waals surface area contributed by atoms with Gasteiger partial charge in [-0.05, 0) is 113 Å². The van der Waals surface area contributed by atoms with Gasteiger partial charge in [0, 0.05) is 16.7 Å². The van der Waals surface area contributed by atoms with Crippen LogP contribution in [0.5, 0.6) is 0 Å². The average molecular weight is 915 g/mol. The van der Waals surface area contributed by atoms with Crippen LogP contribution in [-0.4, -0.2) is 9.97 Å². The van der Waals surface area contributed by atoms with Crippen molar-refractivity contribution in [3.05, 3.63) is 324 Å². The third-order valence-electron chi connectivity index (χ3n) is 15.5. The minimum Gasteiger partial charge on any atom is -0.228 e. The summed E-state index contributed by atoms with van der Waals surface area (Å²) in [4.78, 5) is 11.0. The zero-order chi connectivity index (χ0) is 47.6.